The molecule has 48 valence electrons. The Kier molecular flexibility index (Phi) is 2.94. The first-order chi connectivity index (χ1) is 3.56. The monoisotopic (exact) mass is 137 g/mol. The van der Waals surface area contributed by atoms with E-state index >= 15 is 0 Å². The molecule has 0 radical (unpaired) electrons. The van der Waals surface area contributed by atoms with Crippen LogP contribution in [0.25, 0.3) is 0 Å². The fraction of sp³-hybridized carbons (Fsp3) is 0.333. The summed E-state index contributed by atoms with van der Waals surface area (Å²) >= 11 is 0. The fourth-order valence-corrected chi connectivity index (χ4v) is 0.595. The molecule has 0 saturated heterocycles. The largest absolute Gasteiger partial charge is 0.348 e. The second-order valence-electron chi connectivity index (χ2n) is 1.21. The number of nitrogens with two attached hydrogens (primary N) is 1. The molecule has 4 nitrogen and oxygen atoms in total. The zero-order chi connectivity index (χ0) is 6.62. The lowest BCUT2D eigenvalue weighted by molar-refractivity contribution is 0.386. The van der Waals surface area contributed by atoms with Crippen molar-refractivity contribution in [3.8, 4) is 0 Å². The van der Waals surface area contributed by atoms with Gasteiger partial charge in [-0.2, -0.15) is 0 Å². The molecule has 5 heteroatoms. The number of hydrogen-bond acceptors (Lipinski definition) is 2. The van der Waals surface area contributed by atoms with Crippen LogP contribution in [0.5, 0.6) is 0 Å². The van der Waals surface area contributed by atoms with Gasteiger partial charge in [-0.25, -0.2) is 0 Å². The van der Waals surface area contributed by atoms with E-state index in [9.17, 15) is 4.57 Å². The van der Waals surface area contributed by atoms with Crippen LogP contribution in [0.3, 0.4) is 0 Å². The highest BCUT2D eigenvalue weighted by Crippen LogP contribution is 2.35. The molecule has 0 aliphatic carbocycles. The van der Waals surface area contributed by atoms with Crippen LogP contribution in [0, 0.1) is 0 Å². The molecule has 0 aromatic carbocycles. The van der Waals surface area contributed by atoms with Gasteiger partial charge in [-0.3, -0.25) is 4.57 Å². The van der Waals surface area contributed by atoms with Crippen LogP contribution < -0.4 is 5.73 Å². The summed E-state index contributed by atoms with van der Waals surface area (Å²) in [5.74, 6) is 0.785. The van der Waals surface area contributed by atoms with Crippen molar-refractivity contribution >= 4 is 7.60 Å². The van der Waals surface area contributed by atoms with Gasteiger partial charge in [0.25, 0.3) is 0 Å². The molecule has 8 heavy (non-hydrogen) atoms. The summed E-state index contributed by atoms with van der Waals surface area (Å²) in [7, 11) is -3.94. The molecule has 4 N–H and O–H groups in total. The molecule has 0 aliphatic rings. The minimum Gasteiger partial charge on any atom is -0.327 e. The summed E-state index contributed by atoms with van der Waals surface area (Å²) in [6, 6.07) is 0. The lowest BCUT2D eigenvalue weighted by Gasteiger charge is -1.90. The zero-order valence-corrected chi connectivity index (χ0v) is 5.08. The van der Waals surface area contributed by atoms with Gasteiger partial charge in [0.2, 0.25) is 0 Å². The van der Waals surface area contributed by atoms with Crippen molar-refractivity contribution in [2.75, 3.05) is 6.54 Å². The van der Waals surface area contributed by atoms with Gasteiger partial charge in [-0.15, -0.1) is 0 Å². The Morgan fingerprint density at radius 1 is 1.62 bits per heavy atom. The Bertz CT molecular complexity index is 126. The van der Waals surface area contributed by atoms with E-state index in [1.807, 2.05) is 0 Å². The quantitative estimate of drug-likeness (QED) is 0.453. The molecule has 0 saturated carbocycles. The van der Waals surface area contributed by atoms with Crippen LogP contribution in [-0.4, -0.2) is 16.3 Å². The van der Waals surface area contributed by atoms with Crippen molar-refractivity contribution in [2.24, 2.45) is 5.73 Å². The van der Waals surface area contributed by atoms with Gasteiger partial charge in [0.05, 0.1) is 0 Å². The molecule has 0 amide bonds. The molecule has 0 rings (SSSR count). The van der Waals surface area contributed by atoms with Crippen LogP contribution in [0.2, 0.25) is 0 Å². The van der Waals surface area contributed by atoms with Gasteiger partial charge >= 0.3 is 7.60 Å². The highest BCUT2D eigenvalue weighted by Gasteiger charge is 2.03. The topological polar surface area (TPSA) is 83.6 Å². The van der Waals surface area contributed by atoms with Crippen LogP contribution in [0.15, 0.2) is 11.9 Å². The van der Waals surface area contributed by atoms with E-state index in [1.54, 1.807) is 0 Å². The summed E-state index contributed by atoms with van der Waals surface area (Å²) in [5.41, 5.74) is 4.91. The predicted molar refractivity (Wildman–Crippen MR) is 30.2 cm³/mol. The lowest BCUT2D eigenvalue weighted by atomic mass is 10.7. The summed E-state index contributed by atoms with van der Waals surface area (Å²) in [5, 5.41) is 0. The number of rotatable bonds is 2. The molecular weight excluding hydrogens is 129 g/mol. The molecule has 0 heterocycles. The van der Waals surface area contributed by atoms with Gasteiger partial charge in [0, 0.05) is 12.4 Å². The van der Waals surface area contributed by atoms with Crippen molar-refractivity contribution in [1.82, 2.24) is 0 Å². The molecule has 0 aromatic heterocycles. The third-order valence-electron chi connectivity index (χ3n) is 0.436. The molecule has 0 spiro atoms. The van der Waals surface area contributed by atoms with Gasteiger partial charge in [0.1, 0.15) is 0 Å². The smallest absolute Gasteiger partial charge is 0.327 e. The maximum Gasteiger partial charge on any atom is 0.348 e. The standard InChI is InChI=1S/C3H8NO3P/c4-2-1-3-8(5,6)7/h1,3H,2,4H2,(H2,5,6,7)/b3-1+. The Morgan fingerprint density at radius 2 is 2.12 bits per heavy atom. The van der Waals surface area contributed by atoms with Crippen molar-refractivity contribution in [1.29, 1.82) is 0 Å². The first-order valence-electron chi connectivity index (χ1n) is 1.99. The molecule has 0 aliphatic heterocycles. The number of hydrogen-bond donors (Lipinski definition) is 3. The molecule has 0 atom stereocenters. The average Bonchev–Trinajstić information content (AvgIpc) is 1.59. The van der Waals surface area contributed by atoms with E-state index in [0.29, 0.717) is 0 Å². The van der Waals surface area contributed by atoms with E-state index < -0.39 is 7.60 Å². The Hall–Kier alpha value is -0.150. The Labute approximate surface area is 47.2 Å². The lowest BCUT2D eigenvalue weighted by Crippen LogP contribution is -1.91. The molecule has 0 bridgehead atoms. The SMILES string of the molecule is NC/C=C/P(=O)(O)O. The summed E-state index contributed by atoms with van der Waals surface area (Å²) in [6.45, 7) is 0.158. The minimum atomic E-state index is -3.94. The minimum absolute atomic E-state index is 0.158. The second-order valence-corrected chi connectivity index (χ2v) is 2.69. The van der Waals surface area contributed by atoms with E-state index in [-0.39, 0.29) is 6.54 Å². The first-order valence-corrected chi connectivity index (χ1v) is 3.67. The summed E-state index contributed by atoms with van der Waals surface area (Å²) < 4.78 is 9.94. The van der Waals surface area contributed by atoms with E-state index in [1.165, 1.54) is 6.08 Å². The molecule has 0 fully saturated rings. The molecular formula is C3H8NO3P. The fourth-order valence-electron chi connectivity index (χ4n) is 0.198. The maximum atomic E-state index is 9.94. The third kappa shape index (κ3) is 5.85. The highest BCUT2D eigenvalue weighted by atomic mass is 31.2. The second kappa shape index (κ2) is 2.99. The maximum absolute atomic E-state index is 9.94. The highest BCUT2D eigenvalue weighted by molar-refractivity contribution is 7.55. The third-order valence-corrected chi connectivity index (χ3v) is 1.03. The van der Waals surface area contributed by atoms with Gasteiger partial charge < -0.3 is 15.5 Å². The van der Waals surface area contributed by atoms with E-state index in [4.69, 9.17) is 15.5 Å². The Morgan fingerprint density at radius 3 is 2.25 bits per heavy atom. The van der Waals surface area contributed by atoms with Crippen LogP contribution in [0.1, 0.15) is 0 Å². The first kappa shape index (κ1) is 7.85. The van der Waals surface area contributed by atoms with E-state index in [0.717, 1.165) is 5.82 Å². The van der Waals surface area contributed by atoms with Crippen molar-refractivity contribution in [3.63, 3.8) is 0 Å². The van der Waals surface area contributed by atoms with Gasteiger partial charge in [0.15, 0.2) is 0 Å². The van der Waals surface area contributed by atoms with Gasteiger partial charge in [-0.05, 0) is 0 Å². The van der Waals surface area contributed by atoms with Crippen molar-refractivity contribution < 1.29 is 14.4 Å². The predicted octanol–water partition coefficient (Wildman–Crippen LogP) is -0.363. The van der Waals surface area contributed by atoms with Crippen LogP contribution in [0.4, 0.5) is 0 Å². The summed E-state index contributed by atoms with van der Waals surface area (Å²) in [6.07, 6.45) is 1.22. The summed E-state index contributed by atoms with van der Waals surface area (Å²) in [4.78, 5) is 16.2. The van der Waals surface area contributed by atoms with Crippen LogP contribution >= 0.6 is 7.60 Å². The average molecular weight is 137 g/mol. The normalized spacial score (nSPS) is 12.9. The van der Waals surface area contributed by atoms with Gasteiger partial charge in [-0.1, -0.05) is 6.08 Å². The van der Waals surface area contributed by atoms with Crippen LogP contribution in [-0.2, 0) is 4.57 Å². The Balaban J connectivity index is 3.71. The molecule has 0 aromatic rings. The molecule has 0 unspecified atom stereocenters. The zero-order valence-electron chi connectivity index (χ0n) is 4.19. The van der Waals surface area contributed by atoms with E-state index in [2.05, 4.69) is 0 Å². The van der Waals surface area contributed by atoms with Crippen molar-refractivity contribution in [3.05, 3.63) is 11.9 Å². The van der Waals surface area contributed by atoms with Crippen molar-refractivity contribution in [2.45, 2.75) is 0 Å².